The van der Waals surface area contributed by atoms with Crippen LogP contribution in [0.5, 0.6) is 5.88 Å². The van der Waals surface area contributed by atoms with Crippen molar-refractivity contribution in [3.05, 3.63) is 53.6 Å². The summed E-state index contributed by atoms with van der Waals surface area (Å²) in [6.45, 7) is 4.17. The predicted octanol–water partition coefficient (Wildman–Crippen LogP) is 3.92. The van der Waals surface area contributed by atoms with Crippen molar-refractivity contribution in [1.29, 1.82) is 0 Å². The summed E-state index contributed by atoms with van der Waals surface area (Å²) in [6, 6.07) is 14.1. The summed E-state index contributed by atoms with van der Waals surface area (Å²) in [5.74, 6) is 1.31. The maximum Gasteiger partial charge on any atom is 0.224 e. The van der Waals surface area contributed by atoms with E-state index in [1.165, 1.54) is 11.1 Å². The molecule has 2 aromatic carbocycles. The molecule has 3 heteroatoms. The van der Waals surface area contributed by atoms with Crippen LogP contribution >= 0.6 is 0 Å². The second-order valence-corrected chi connectivity index (χ2v) is 4.88. The van der Waals surface area contributed by atoms with E-state index in [1.54, 1.807) is 7.11 Å². The quantitative estimate of drug-likeness (QED) is 0.703. The molecular weight excluding hydrogens is 248 g/mol. The number of methoxy groups -OCH3 is 1. The molecule has 0 saturated carbocycles. The van der Waals surface area contributed by atoms with E-state index in [1.807, 2.05) is 30.3 Å². The molecule has 0 fully saturated rings. The molecule has 0 amide bonds. The molecule has 0 N–H and O–H groups in total. The van der Waals surface area contributed by atoms with E-state index in [0.29, 0.717) is 11.7 Å². The van der Waals surface area contributed by atoms with Gasteiger partial charge < -0.3 is 4.74 Å². The zero-order valence-corrected chi connectivity index (χ0v) is 11.8. The number of fused-ring (bicyclic) bond motifs is 1. The Morgan fingerprint density at radius 2 is 1.60 bits per heavy atom. The van der Waals surface area contributed by atoms with E-state index >= 15 is 0 Å². The Morgan fingerprint density at radius 3 is 2.30 bits per heavy atom. The first-order valence-corrected chi connectivity index (χ1v) is 6.57. The second-order valence-electron chi connectivity index (χ2n) is 4.88. The highest BCUT2D eigenvalue weighted by atomic mass is 16.5. The maximum atomic E-state index is 5.43. The molecule has 1 heterocycles. The largest absolute Gasteiger partial charge is 0.480 e. The topological polar surface area (TPSA) is 35.0 Å². The Hall–Kier alpha value is -2.42. The smallest absolute Gasteiger partial charge is 0.224 e. The highest BCUT2D eigenvalue weighted by molar-refractivity contribution is 5.86. The number of nitrogens with zero attached hydrogens (tertiary/aromatic N) is 2. The minimum atomic E-state index is 0.622. The van der Waals surface area contributed by atoms with Crippen molar-refractivity contribution in [3.63, 3.8) is 0 Å². The van der Waals surface area contributed by atoms with Crippen LogP contribution in [0.3, 0.4) is 0 Å². The first-order valence-electron chi connectivity index (χ1n) is 6.57. The van der Waals surface area contributed by atoms with Crippen LogP contribution < -0.4 is 4.74 Å². The van der Waals surface area contributed by atoms with Crippen LogP contribution in [0, 0.1) is 13.8 Å². The monoisotopic (exact) mass is 264 g/mol. The molecule has 0 aliphatic rings. The van der Waals surface area contributed by atoms with E-state index in [0.717, 1.165) is 16.5 Å². The first kappa shape index (κ1) is 12.6. The molecule has 0 radical (unpaired) electrons. The molecule has 0 spiro atoms. The number of benzene rings is 2. The Labute approximate surface area is 118 Å². The van der Waals surface area contributed by atoms with Crippen molar-refractivity contribution in [3.8, 4) is 17.3 Å². The van der Waals surface area contributed by atoms with Gasteiger partial charge in [0.05, 0.1) is 18.0 Å². The van der Waals surface area contributed by atoms with E-state index in [2.05, 4.69) is 35.9 Å². The molecule has 1 aromatic heterocycles. The lowest BCUT2D eigenvalue weighted by Crippen LogP contribution is -1.97. The molecule has 100 valence electrons. The van der Waals surface area contributed by atoms with E-state index in [-0.39, 0.29) is 0 Å². The zero-order valence-electron chi connectivity index (χ0n) is 11.8. The molecule has 0 aliphatic heterocycles. The van der Waals surface area contributed by atoms with Crippen molar-refractivity contribution in [2.75, 3.05) is 7.11 Å². The standard InChI is InChI=1S/C17H16N2O/c1-11-9-14-15(10-12(11)2)18-16(19-17(14)20-3)13-7-5-4-6-8-13/h4-10H,1-3H3. The van der Waals surface area contributed by atoms with Gasteiger partial charge in [-0.3, -0.25) is 0 Å². The first-order chi connectivity index (χ1) is 9.69. The molecular formula is C17H16N2O. The van der Waals surface area contributed by atoms with Gasteiger partial charge in [-0.1, -0.05) is 30.3 Å². The van der Waals surface area contributed by atoms with Crippen LogP contribution in [0.1, 0.15) is 11.1 Å². The van der Waals surface area contributed by atoms with Gasteiger partial charge in [0.2, 0.25) is 5.88 Å². The third-order valence-corrected chi connectivity index (χ3v) is 3.50. The molecule has 3 aromatic rings. The number of hydrogen-bond donors (Lipinski definition) is 0. The number of rotatable bonds is 2. The molecule has 3 nitrogen and oxygen atoms in total. The van der Waals surface area contributed by atoms with Crippen molar-refractivity contribution >= 4 is 10.9 Å². The number of hydrogen-bond acceptors (Lipinski definition) is 3. The fourth-order valence-electron chi connectivity index (χ4n) is 2.23. The van der Waals surface area contributed by atoms with E-state index in [4.69, 9.17) is 4.74 Å². The Balaban J connectivity index is 2.29. The van der Waals surface area contributed by atoms with Gasteiger partial charge in [0.1, 0.15) is 0 Å². The van der Waals surface area contributed by atoms with Crippen LogP contribution in [0.25, 0.3) is 22.3 Å². The van der Waals surface area contributed by atoms with E-state index < -0.39 is 0 Å². The predicted molar refractivity (Wildman–Crippen MR) is 81.0 cm³/mol. The van der Waals surface area contributed by atoms with Crippen LogP contribution in [0.4, 0.5) is 0 Å². The third-order valence-electron chi connectivity index (χ3n) is 3.50. The normalized spacial score (nSPS) is 10.8. The molecule has 20 heavy (non-hydrogen) atoms. The number of aryl methyl sites for hydroxylation is 2. The average Bonchev–Trinajstić information content (AvgIpc) is 2.48. The maximum absolute atomic E-state index is 5.43. The minimum absolute atomic E-state index is 0.622. The van der Waals surface area contributed by atoms with E-state index in [9.17, 15) is 0 Å². The van der Waals surface area contributed by atoms with Gasteiger partial charge in [-0.2, -0.15) is 4.98 Å². The van der Waals surface area contributed by atoms with Crippen LogP contribution in [0.15, 0.2) is 42.5 Å². The summed E-state index contributed by atoms with van der Waals surface area (Å²) in [5.41, 5.74) is 4.34. The van der Waals surface area contributed by atoms with Crippen molar-refractivity contribution in [2.24, 2.45) is 0 Å². The summed E-state index contributed by atoms with van der Waals surface area (Å²) in [6.07, 6.45) is 0. The highest BCUT2D eigenvalue weighted by Crippen LogP contribution is 2.28. The second kappa shape index (κ2) is 4.93. The Kier molecular flexibility index (Phi) is 3.11. The van der Waals surface area contributed by atoms with Crippen LogP contribution in [-0.2, 0) is 0 Å². The molecule has 0 bridgehead atoms. The van der Waals surface area contributed by atoms with Crippen molar-refractivity contribution < 1.29 is 4.74 Å². The molecule has 0 unspecified atom stereocenters. The lowest BCUT2D eigenvalue weighted by molar-refractivity contribution is 0.403. The summed E-state index contributed by atoms with van der Waals surface area (Å²) in [5, 5.41) is 0.954. The molecule has 3 rings (SSSR count). The fourth-order valence-corrected chi connectivity index (χ4v) is 2.23. The SMILES string of the molecule is COc1nc(-c2ccccc2)nc2cc(C)c(C)cc12. The van der Waals surface area contributed by atoms with Crippen molar-refractivity contribution in [1.82, 2.24) is 9.97 Å². The molecule has 0 saturated heterocycles. The lowest BCUT2D eigenvalue weighted by Gasteiger charge is -2.09. The van der Waals surface area contributed by atoms with Crippen molar-refractivity contribution in [2.45, 2.75) is 13.8 Å². The number of ether oxygens (including phenoxy) is 1. The third kappa shape index (κ3) is 2.11. The van der Waals surface area contributed by atoms with Gasteiger partial charge in [-0.25, -0.2) is 4.98 Å². The van der Waals surface area contributed by atoms with Crippen LogP contribution in [0.2, 0.25) is 0 Å². The number of aromatic nitrogens is 2. The Bertz CT molecular complexity index is 767. The van der Waals surface area contributed by atoms with Gasteiger partial charge in [-0.15, -0.1) is 0 Å². The van der Waals surface area contributed by atoms with Gasteiger partial charge in [0.25, 0.3) is 0 Å². The Morgan fingerprint density at radius 1 is 0.900 bits per heavy atom. The summed E-state index contributed by atoms with van der Waals surface area (Å²) in [4.78, 5) is 9.19. The zero-order chi connectivity index (χ0) is 14.1. The summed E-state index contributed by atoms with van der Waals surface area (Å²) < 4.78 is 5.43. The fraction of sp³-hybridized carbons (Fsp3) is 0.176. The highest BCUT2D eigenvalue weighted by Gasteiger charge is 2.10. The van der Waals surface area contributed by atoms with Gasteiger partial charge in [0.15, 0.2) is 5.82 Å². The van der Waals surface area contributed by atoms with Gasteiger partial charge in [-0.05, 0) is 37.1 Å². The molecule has 0 atom stereocenters. The van der Waals surface area contributed by atoms with Crippen LogP contribution in [-0.4, -0.2) is 17.1 Å². The average molecular weight is 264 g/mol. The minimum Gasteiger partial charge on any atom is -0.480 e. The summed E-state index contributed by atoms with van der Waals surface area (Å²) in [7, 11) is 1.64. The lowest BCUT2D eigenvalue weighted by atomic mass is 10.1. The summed E-state index contributed by atoms with van der Waals surface area (Å²) >= 11 is 0. The molecule has 0 aliphatic carbocycles. The van der Waals surface area contributed by atoms with Gasteiger partial charge in [0, 0.05) is 5.56 Å². The van der Waals surface area contributed by atoms with Gasteiger partial charge >= 0.3 is 0 Å².